The van der Waals surface area contributed by atoms with E-state index in [1.54, 1.807) is 7.05 Å². The molecule has 0 fully saturated rings. The van der Waals surface area contributed by atoms with Crippen LogP contribution in [0.2, 0.25) is 0 Å². The highest BCUT2D eigenvalue weighted by Gasteiger charge is 2.05. The van der Waals surface area contributed by atoms with Crippen LogP contribution < -0.4 is 16.0 Å². The summed E-state index contributed by atoms with van der Waals surface area (Å²) in [7, 11) is 1.76. The number of aliphatic imine (C=N–C) groups is 1. The second-order valence-corrected chi connectivity index (χ2v) is 6.00. The van der Waals surface area contributed by atoms with Crippen LogP contribution in [0.5, 0.6) is 0 Å². The second-order valence-electron chi connectivity index (χ2n) is 6.00. The first-order valence-corrected chi connectivity index (χ1v) is 9.08. The lowest BCUT2D eigenvalue weighted by atomic mass is 10.1. The molecule has 26 heavy (non-hydrogen) atoms. The number of amides is 1. The van der Waals surface area contributed by atoms with E-state index in [-0.39, 0.29) is 5.91 Å². The molecule has 138 valence electrons. The first-order chi connectivity index (χ1) is 12.7. The molecule has 0 unspecified atom stereocenters. The molecule has 3 N–H and O–H groups in total. The van der Waals surface area contributed by atoms with Crippen LogP contribution in [0, 0.1) is 0 Å². The smallest absolute Gasteiger partial charge is 0.251 e. The van der Waals surface area contributed by atoms with Gasteiger partial charge in [0.25, 0.3) is 5.91 Å². The van der Waals surface area contributed by atoms with Gasteiger partial charge >= 0.3 is 0 Å². The highest BCUT2D eigenvalue weighted by molar-refractivity contribution is 5.94. The molecule has 0 aliphatic rings. The summed E-state index contributed by atoms with van der Waals surface area (Å²) in [6, 6.07) is 18.1. The van der Waals surface area contributed by atoms with Crippen LogP contribution in [-0.2, 0) is 13.0 Å². The Morgan fingerprint density at radius 2 is 1.73 bits per heavy atom. The molecule has 0 heterocycles. The summed E-state index contributed by atoms with van der Waals surface area (Å²) < 4.78 is 0. The fraction of sp³-hybridized carbons (Fsp3) is 0.333. The summed E-state index contributed by atoms with van der Waals surface area (Å²) in [6.07, 6.45) is 2.08. The Balaban J connectivity index is 1.76. The molecule has 0 radical (unpaired) electrons. The van der Waals surface area contributed by atoms with Gasteiger partial charge in [0.15, 0.2) is 5.96 Å². The van der Waals surface area contributed by atoms with Crippen molar-refractivity contribution < 1.29 is 4.79 Å². The third kappa shape index (κ3) is 6.59. The van der Waals surface area contributed by atoms with Crippen LogP contribution in [0.4, 0.5) is 0 Å². The van der Waals surface area contributed by atoms with E-state index in [2.05, 4.69) is 45.2 Å². The number of aryl methyl sites for hydroxylation is 1. The molecule has 0 bridgehead atoms. The van der Waals surface area contributed by atoms with Crippen molar-refractivity contribution in [3.63, 3.8) is 0 Å². The van der Waals surface area contributed by atoms with Gasteiger partial charge in [-0.3, -0.25) is 9.79 Å². The summed E-state index contributed by atoms with van der Waals surface area (Å²) in [6.45, 7) is 4.01. The van der Waals surface area contributed by atoms with Crippen molar-refractivity contribution in [1.82, 2.24) is 16.0 Å². The standard InChI is InChI=1S/C21H28N4O/c1-3-23-20(26)19-13-7-11-18(15-19)16-25-21(22-2)24-14-8-12-17-9-5-4-6-10-17/h4-7,9-11,13,15H,3,8,12,14,16H2,1-2H3,(H,23,26)(H2,22,24,25). The van der Waals surface area contributed by atoms with Crippen molar-refractivity contribution in [2.24, 2.45) is 4.99 Å². The maximum Gasteiger partial charge on any atom is 0.251 e. The van der Waals surface area contributed by atoms with Crippen molar-refractivity contribution in [2.45, 2.75) is 26.3 Å². The lowest BCUT2D eigenvalue weighted by molar-refractivity contribution is 0.0955. The normalized spacial score (nSPS) is 11.1. The Kier molecular flexibility index (Phi) is 8.19. The fourth-order valence-corrected chi connectivity index (χ4v) is 2.64. The van der Waals surface area contributed by atoms with Crippen molar-refractivity contribution in [2.75, 3.05) is 20.1 Å². The zero-order valence-electron chi connectivity index (χ0n) is 15.6. The van der Waals surface area contributed by atoms with E-state index in [1.807, 2.05) is 37.3 Å². The molecule has 5 heteroatoms. The SMILES string of the molecule is CCNC(=O)c1cccc(CNC(=NC)NCCCc2ccccc2)c1. The second kappa shape index (κ2) is 10.9. The minimum atomic E-state index is -0.0437. The topological polar surface area (TPSA) is 65.5 Å². The summed E-state index contributed by atoms with van der Waals surface area (Å²) in [4.78, 5) is 16.2. The zero-order valence-corrected chi connectivity index (χ0v) is 15.6. The molecular weight excluding hydrogens is 324 g/mol. The van der Waals surface area contributed by atoms with Gasteiger partial charge in [-0.05, 0) is 43.0 Å². The highest BCUT2D eigenvalue weighted by atomic mass is 16.1. The van der Waals surface area contributed by atoms with Gasteiger partial charge in [-0.25, -0.2) is 0 Å². The average Bonchev–Trinajstić information content (AvgIpc) is 2.68. The van der Waals surface area contributed by atoms with Crippen LogP contribution in [-0.4, -0.2) is 32.0 Å². The molecule has 1 amide bonds. The van der Waals surface area contributed by atoms with E-state index < -0.39 is 0 Å². The van der Waals surface area contributed by atoms with Gasteiger partial charge in [0.2, 0.25) is 0 Å². The molecule has 0 aliphatic heterocycles. The number of carbonyl (C=O) groups excluding carboxylic acids is 1. The molecule has 2 aromatic rings. The van der Waals surface area contributed by atoms with Crippen molar-refractivity contribution in [1.29, 1.82) is 0 Å². The first kappa shape index (κ1) is 19.5. The van der Waals surface area contributed by atoms with E-state index in [1.165, 1.54) is 5.56 Å². The molecule has 5 nitrogen and oxygen atoms in total. The summed E-state index contributed by atoms with van der Waals surface area (Å²) in [5, 5.41) is 9.43. The number of hydrogen-bond acceptors (Lipinski definition) is 2. The minimum Gasteiger partial charge on any atom is -0.356 e. The molecular formula is C21H28N4O. The van der Waals surface area contributed by atoms with Gasteiger partial charge in [0.1, 0.15) is 0 Å². The van der Waals surface area contributed by atoms with Crippen molar-refractivity contribution in [3.8, 4) is 0 Å². The maximum absolute atomic E-state index is 11.9. The molecule has 0 saturated heterocycles. The van der Waals surface area contributed by atoms with Crippen LogP contribution in [0.15, 0.2) is 59.6 Å². The Morgan fingerprint density at radius 1 is 0.962 bits per heavy atom. The third-order valence-electron chi connectivity index (χ3n) is 3.99. The number of nitrogens with zero attached hydrogens (tertiary/aromatic N) is 1. The minimum absolute atomic E-state index is 0.0437. The van der Waals surface area contributed by atoms with Crippen LogP contribution in [0.1, 0.15) is 34.8 Å². The van der Waals surface area contributed by atoms with Gasteiger partial charge in [0, 0.05) is 32.2 Å². The number of carbonyl (C=O) groups is 1. The molecule has 0 atom stereocenters. The van der Waals surface area contributed by atoms with E-state index >= 15 is 0 Å². The van der Waals surface area contributed by atoms with Gasteiger partial charge in [-0.1, -0.05) is 42.5 Å². The molecule has 0 saturated carbocycles. The Morgan fingerprint density at radius 3 is 2.46 bits per heavy atom. The van der Waals surface area contributed by atoms with Crippen molar-refractivity contribution >= 4 is 11.9 Å². The lowest BCUT2D eigenvalue weighted by Crippen LogP contribution is -2.37. The zero-order chi connectivity index (χ0) is 18.6. The van der Waals surface area contributed by atoms with E-state index in [4.69, 9.17) is 0 Å². The third-order valence-corrected chi connectivity index (χ3v) is 3.99. The Labute approximate surface area is 155 Å². The quantitative estimate of drug-likeness (QED) is 0.389. The summed E-state index contributed by atoms with van der Waals surface area (Å²) in [5.41, 5.74) is 3.07. The Bertz CT molecular complexity index is 713. The molecule has 0 spiro atoms. The van der Waals surface area contributed by atoms with Crippen LogP contribution in [0.3, 0.4) is 0 Å². The van der Waals surface area contributed by atoms with E-state index in [9.17, 15) is 4.79 Å². The largest absolute Gasteiger partial charge is 0.356 e. The maximum atomic E-state index is 11.9. The van der Waals surface area contributed by atoms with E-state index in [0.717, 1.165) is 30.9 Å². The molecule has 0 aromatic heterocycles. The number of guanidine groups is 1. The van der Waals surface area contributed by atoms with Gasteiger partial charge < -0.3 is 16.0 Å². The molecule has 2 rings (SSSR count). The van der Waals surface area contributed by atoms with Gasteiger partial charge in [-0.15, -0.1) is 0 Å². The van der Waals surface area contributed by atoms with E-state index in [0.29, 0.717) is 18.7 Å². The van der Waals surface area contributed by atoms with Gasteiger partial charge in [0.05, 0.1) is 0 Å². The first-order valence-electron chi connectivity index (χ1n) is 9.08. The predicted octanol–water partition coefficient (Wildman–Crippen LogP) is 2.73. The van der Waals surface area contributed by atoms with Crippen molar-refractivity contribution in [3.05, 3.63) is 71.3 Å². The monoisotopic (exact) mass is 352 g/mol. The number of benzene rings is 2. The lowest BCUT2D eigenvalue weighted by Gasteiger charge is -2.12. The number of nitrogens with one attached hydrogen (secondary N) is 3. The fourth-order valence-electron chi connectivity index (χ4n) is 2.64. The average molecular weight is 352 g/mol. The predicted molar refractivity (Wildman–Crippen MR) is 107 cm³/mol. The number of hydrogen-bond donors (Lipinski definition) is 3. The Hall–Kier alpha value is -2.82. The highest BCUT2D eigenvalue weighted by Crippen LogP contribution is 2.05. The van der Waals surface area contributed by atoms with Crippen LogP contribution >= 0.6 is 0 Å². The van der Waals surface area contributed by atoms with Crippen LogP contribution in [0.25, 0.3) is 0 Å². The molecule has 2 aromatic carbocycles. The van der Waals surface area contributed by atoms with Gasteiger partial charge in [-0.2, -0.15) is 0 Å². The molecule has 0 aliphatic carbocycles. The summed E-state index contributed by atoms with van der Waals surface area (Å²) >= 11 is 0. The summed E-state index contributed by atoms with van der Waals surface area (Å²) in [5.74, 6) is 0.722. The number of rotatable bonds is 8.